The summed E-state index contributed by atoms with van der Waals surface area (Å²) in [5.74, 6) is 1.60. The average molecular weight is 522 g/mol. The Bertz CT molecular complexity index is 972. The third-order valence-electron chi connectivity index (χ3n) is 4.66. The number of guanidine groups is 1. The van der Waals surface area contributed by atoms with Crippen LogP contribution in [0.3, 0.4) is 0 Å². The molecule has 0 aliphatic carbocycles. The third-order valence-corrected chi connectivity index (χ3v) is 4.66. The van der Waals surface area contributed by atoms with Crippen LogP contribution in [0.5, 0.6) is 0 Å². The van der Waals surface area contributed by atoms with E-state index in [1.807, 2.05) is 48.5 Å². The topological polar surface area (TPSA) is 85.0 Å². The molecule has 0 aliphatic heterocycles. The fourth-order valence-corrected chi connectivity index (χ4v) is 3.25. The molecule has 0 bridgehead atoms. The van der Waals surface area contributed by atoms with E-state index in [0.29, 0.717) is 6.54 Å². The summed E-state index contributed by atoms with van der Waals surface area (Å²) in [6, 6.07) is 8.19. The Balaban J connectivity index is 0.00000320. The average Bonchev–Trinajstić information content (AvgIpc) is 3.21. The largest absolute Gasteiger partial charge is 0.356 e. The quantitative estimate of drug-likeness (QED) is 0.216. The maximum Gasteiger partial charge on any atom is 0.191 e. The lowest BCUT2D eigenvalue weighted by atomic mass is 10.3. The number of halogens is 1. The van der Waals surface area contributed by atoms with Crippen molar-refractivity contribution in [3.8, 4) is 5.82 Å². The van der Waals surface area contributed by atoms with Crippen molar-refractivity contribution >= 4 is 29.9 Å². The van der Waals surface area contributed by atoms with Gasteiger partial charge < -0.3 is 10.6 Å². The van der Waals surface area contributed by atoms with Crippen LogP contribution in [0.1, 0.15) is 34.8 Å². The number of rotatable bonds is 7. The van der Waals surface area contributed by atoms with E-state index in [4.69, 9.17) is 0 Å². The Morgan fingerprint density at radius 2 is 1.73 bits per heavy atom. The molecule has 2 N–H and O–H groups in total. The lowest BCUT2D eigenvalue weighted by molar-refractivity contribution is 0.555. The van der Waals surface area contributed by atoms with Crippen molar-refractivity contribution in [2.45, 2.75) is 47.2 Å². The van der Waals surface area contributed by atoms with Gasteiger partial charge in [-0.1, -0.05) is 6.07 Å². The Morgan fingerprint density at radius 1 is 1.00 bits per heavy atom. The van der Waals surface area contributed by atoms with E-state index < -0.39 is 0 Å². The lowest BCUT2D eigenvalue weighted by Gasteiger charge is -2.12. The summed E-state index contributed by atoms with van der Waals surface area (Å²) < 4.78 is 3.90. The highest BCUT2D eigenvalue weighted by Gasteiger charge is 2.06. The summed E-state index contributed by atoms with van der Waals surface area (Å²) >= 11 is 0. The molecule has 9 heteroatoms. The van der Waals surface area contributed by atoms with Crippen molar-refractivity contribution in [1.82, 2.24) is 35.2 Å². The van der Waals surface area contributed by atoms with Gasteiger partial charge in [-0.2, -0.15) is 10.2 Å². The van der Waals surface area contributed by atoms with E-state index in [1.165, 1.54) is 5.69 Å². The number of nitrogens with zero attached hydrogens (tertiary/aromatic N) is 6. The van der Waals surface area contributed by atoms with Crippen LogP contribution < -0.4 is 10.6 Å². The highest BCUT2D eigenvalue weighted by Crippen LogP contribution is 2.10. The van der Waals surface area contributed by atoms with Crippen molar-refractivity contribution in [2.75, 3.05) is 13.6 Å². The molecule has 0 saturated carbocycles. The Hall–Kier alpha value is -2.43. The van der Waals surface area contributed by atoms with Crippen LogP contribution in [0.15, 0.2) is 35.5 Å². The highest BCUT2D eigenvalue weighted by atomic mass is 127. The second-order valence-corrected chi connectivity index (χ2v) is 7.22. The maximum absolute atomic E-state index is 4.54. The van der Waals surface area contributed by atoms with Gasteiger partial charge in [0.1, 0.15) is 0 Å². The van der Waals surface area contributed by atoms with E-state index in [1.54, 1.807) is 7.05 Å². The number of hydrogen-bond donors (Lipinski definition) is 2. The minimum absolute atomic E-state index is 0. The molecular weight excluding hydrogens is 491 g/mol. The Morgan fingerprint density at radius 3 is 2.30 bits per heavy atom. The maximum atomic E-state index is 4.54. The van der Waals surface area contributed by atoms with Crippen molar-refractivity contribution in [3.63, 3.8) is 0 Å². The molecule has 0 aromatic carbocycles. The molecule has 3 aromatic rings. The molecule has 3 heterocycles. The molecule has 0 atom stereocenters. The fraction of sp³-hybridized carbons (Fsp3) is 0.429. The zero-order chi connectivity index (χ0) is 20.8. The molecule has 0 amide bonds. The molecule has 8 nitrogen and oxygen atoms in total. The van der Waals surface area contributed by atoms with Crippen LogP contribution in [0.25, 0.3) is 5.82 Å². The van der Waals surface area contributed by atoms with Crippen LogP contribution in [0.2, 0.25) is 0 Å². The van der Waals surface area contributed by atoms with Gasteiger partial charge in [0.15, 0.2) is 11.8 Å². The number of aromatic nitrogens is 5. The number of aryl methyl sites for hydroxylation is 5. The molecule has 0 unspecified atom stereocenters. The molecule has 162 valence electrons. The first-order chi connectivity index (χ1) is 14.0. The van der Waals surface area contributed by atoms with Crippen molar-refractivity contribution < 1.29 is 0 Å². The second kappa shape index (κ2) is 11.1. The number of nitrogens with one attached hydrogen (secondary N) is 2. The van der Waals surface area contributed by atoms with Gasteiger partial charge in [-0.05, 0) is 57.9 Å². The minimum Gasteiger partial charge on any atom is -0.356 e. The SMILES string of the molecule is CN=C(NCCCn1nc(C)cc1C)NCc1ccc(-n2nc(C)cc2C)nc1.I. The van der Waals surface area contributed by atoms with Crippen LogP contribution in [0, 0.1) is 27.7 Å². The van der Waals surface area contributed by atoms with Crippen LogP contribution >= 0.6 is 24.0 Å². The zero-order valence-electron chi connectivity index (χ0n) is 18.3. The summed E-state index contributed by atoms with van der Waals surface area (Å²) in [5, 5.41) is 15.6. The van der Waals surface area contributed by atoms with Crippen LogP contribution in [-0.4, -0.2) is 44.1 Å². The standard InChI is InChI=1S/C21H30N8.HI/c1-15-11-17(3)28(26-15)10-6-9-23-21(22-5)25-14-19-7-8-20(24-13-19)29-18(4)12-16(2)27-29;/h7-8,11-13H,6,9-10,14H2,1-5H3,(H2,22,23,25);1H. The molecular formula is C21H31IN8. The van der Waals surface area contributed by atoms with Gasteiger partial charge in [-0.3, -0.25) is 9.67 Å². The van der Waals surface area contributed by atoms with E-state index in [9.17, 15) is 0 Å². The minimum atomic E-state index is 0. The number of hydrogen-bond acceptors (Lipinski definition) is 4. The number of aliphatic imine (C=N–C) groups is 1. The van der Waals surface area contributed by atoms with E-state index in [-0.39, 0.29) is 24.0 Å². The number of pyridine rings is 1. The molecule has 0 saturated heterocycles. The van der Waals surface area contributed by atoms with Crippen molar-refractivity contribution in [2.24, 2.45) is 4.99 Å². The molecule has 3 rings (SSSR count). The van der Waals surface area contributed by atoms with Gasteiger partial charge in [0.2, 0.25) is 0 Å². The molecule has 0 aliphatic rings. The molecule has 0 spiro atoms. The van der Waals surface area contributed by atoms with E-state index in [0.717, 1.165) is 53.9 Å². The van der Waals surface area contributed by atoms with Crippen molar-refractivity contribution in [3.05, 3.63) is 58.8 Å². The summed E-state index contributed by atoms with van der Waals surface area (Å²) in [7, 11) is 1.78. The van der Waals surface area contributed by atoms with Gasteiger partial charge >= 0.3 is 0 Å². The van der Waals surface area contributed by atoms with Gasteiger partial charge in [-0.25, -0.2) is 9.67 Å². The lowest BCUT2D eigenvalue weighted by Crippen LogP contribution is -2.37. The van der Waals surface area contributed by atoms with Gasteiger partial charge in [-0.15, -0.1) is 24.0 Å². The van der Waals surface area contributed by atoms with Gasteiger partial charge in [0.05, 0.1) is 11.4 Å². The molecule has 0 fully saturated rings. The summed E-state index contributed by atoms with van der Waals surface area (Å²) in [4.78, 5) is 8.82. The fourth-order valence-electron chi connectivity index (χ4n) is 3.25. The summed E-state index contributed by atoms with van der Waals surface area (Å²) in [5.41, 5.74) is 5.40. The molecule has 3 aromatic heterocycles. The second-order valence-electron chi connectivity index (χ2n) is 7.22. The first-order valence-corrected chi connectivity index (χ1v) is 9.90. The first-order valence-electron chi connectivity index (χ1n) is 9.90. The zero-order valence-corrected chi connectivity index (χ0v) is 20.6. The monoisotopic (exact) mass is 522 g/mol. The van der Waals surface area contributed by atoms with Gasteiger partial charge in [0, 0.05) is 44.3 Å². The Labute approximate surface area is 195 Å². The smallest absolute Gasteiger partial charge is 0.191 e. The van der Waals surface area contributed by atoms with Crippen molar-refractivity contribution in [1.29, 1.82) is 0 Å². The van der Waals surface area contributed by atoms with E-state index in [2.05, 4.69) is 49.9 Å². The predicted octanol–water partition coefficient (Wildman–Crippen LogP) is 3.07. The highest BCUT2D eigenvalue weighted by molar-refractivity contribution is 14.0. The van der Waals surface area contributed by atoms with Crippen LogP contribution in [-0.2, 0) is 13.1 Å². The van der Waals surface area contributed by atoms with Crippen LogP contribution in [0.4, 0.5) is 0 Å². The normalized spacial score (nSPS) is 11.3. The third kappa shape index (κ3) is 6.28. The summed E-state index contributed by atoms with van der Waals surface area (Å²) in [6.45, 7) is 10.5. The van der Waals surface area contributed by atoms with Gasteiger partial charge in [0.25, 0.3) is 0 Å². The summed E-state index contributed by atoms with van der Waals surface area (Å²) in [6.07, 6.45) is 2.84. The van der Waals surface area contributed by atoms with E-state index >= 15 is 0 Å². The molecule has 0 radical (unpaired) electrons. The Kier molecular flexibility index (Phi) is 8.82. The first kappa shape index (κ1) is 23.8. The molecule has 30 heavy (non-hydrogen) atoms. The predicted molar refractivity (Wildman–Crippen MR) is 131 cm³/mol.